The van der Waals surface area contributed by atoms with Gasteiger partial charge in [-0.1, -0.05) is 12.2 Å². The smallest absolute Gasteiger partial charge is 0.410 e. The molecule has 2 atom stereocenters. The molecule has 0 radical (unpaired) electrons. The Balaban J connectivity index is 1.09. The average molecular weight is 500 g/mol. The number of ether oxygens (including phenoxy) is 1. The number of piperazine rings is 1. The lowest BCUT2D eigenvalue weighted by Gasteiger charge is -2.44. The van der Waals surface area contributed by atoms with Crippen molar-refractivity contribution < 1.29 is 23.9 Å². The fourth-order valence-electron chi connectivity index (χ4n) is 5.82. The van der Waals surface area contributed by atoms with Gasteiger partial charge in [-0.05, 0) is 39.2 Å². The van der Waals surface area contributed by atoms with Crippen molar-refractivity contribution in [3.05, 3.63) is 23.3 Å². The molecule has 1 N–H and O–H groups in total. The van der Waals surface area contributed by atoms with E-state index in [-0.39, 0.29) is 36.3 Å². The second kappa shape index (κ2) is 9.63. The summed E-state index contributed by atoms with van der Waals surface area (Å²) in [4.78, 5) is 57.3. The molecule has 196 valence electrons. The molecule has 0 aromatic heterocycles. The molecular weight excluding hydrogens is 462 g/mol. The van der Waals surface area contributed by atoms with Crippen LogP contribution >= 0.6 is 0 Å². The predicted octanol–water partition coefficient (Wildman–Crippen LogP) is 0.743. The van der Waals surface area contributed by atoms with E-state index in [9.17, 15) is 19.2 Å². The van der Waals surface area contributed by atoms with E-state index in [1.54, 1.807) is 9.80 Å². The molecule has 0 saturated carbocycles. The number of likely N-dealkylation sites (tertiary alicyclic amines) is 2. The summed E-state index contributed by atoms with van der Waals surface area (Å²) in [5.41, 5.74) is 1.26. The summed E-state index contributed by atoms with van der Waals surface area (Å²) < 4.78 is 5.45. The summed E-state index contributed by atoms with van der Waals surface area (Å²) in [5, 5.41) is 2.36. The zero-order valence-electron chi connectivity index (χ0n) is 21.5. The van der Waals surface area contributed by atoms with Gasteiger partial charge in [0.05, 0.1) is 0 Å². The van der Waals surface area contributed by atoms with Crippen LogP contribution in [0.25, 0.3) is 0 Å². The molecule has 4 saturated heterocycles. The highest BCUT2D eigenvalue weighted by Crippen LogP contribution is 2.33. The summed E-state index contributed by atoms with van der Waals surface area (Å²) in [6.07, 6.45) is 5.47. The van der Waals surface area contributed by atoms with Gasteiger partial charge < -0.3 is 19.4 Å². The van der Waals surface area contributed by atoms with E-state index in [1.165, 1.54) is 0 Å². The van der Waals surface area contributed by atoms with Crippen LogP contribution in [0, 0.1) is 5.92 Å². The quantitative estimate of drug-likeness (QED) is 0.570. The highest BCUT2D eigenvalue weighted by atomic mass is 16.6. The van der Waals surface area contributed by atoms with Crippen molar-refractivity contribution in [3.8, 4) is 0 Å². The van der Waals surface area contributed by atoms with Crippen molar-refractivity contribution >= 4 is 23.8 Å². The second-order valence-electron chi connectivity index (χ2n) is 11.6. The van der Waals surface area contributed by atoms with Gasteiger partial charge in [0, 0.05) is 76.3 Å². The summed E-state index contributed by atoms with van der Waals surface area (Å²) in [7, 11) is 0. The number of imide groups is 1. The van der Waals surface area contributed by atoms with Gasteiger partial charge in [-0.15, -0.1) is 0 Å². The molecule has 1 aliphatic carbocycles. The lowest BCUT2D eigenvalue weighted by molar-refractivity contribution is -0.142. The largest absolute Gasteiger partial charge is 0.444 e. The fourth-order valence-corrected chi connectivity index (χ4v) is 5.82. The first-order valence-electron chi connectivity index (χ1n) is 13.1. The Hall–Kier alpha value is -2.72. The van der Waals surface area contributed by atoms with Crippen LogP contribution in [-0.2, 0) is 19.1 Å². The zero-order chi connectivity index (χ0) is 25.6. The maximum absolute atomic E-state index is 13.0. The van der Waals surface area contributed by atoms with Gasteiger partial charge in [0.15, 0.2) is 0 Å². The minimum absolute atomic E-state index is 0.0973. The molecule has 4 heterocycles. The standard InChI is InChI=1S/C26H37N5O5/c1-26(2,3)36-25(35)30-14-17(15-30)13-28-8-10-29(11-9-28)19-4-5-20-18(12-19)16-31(24(20)34)21-6-7-22(32)27-23(21)33/h5,12,17,19,21H,4,6-11,13-16H2,1-3H3,(H,27,32,33). The van der Waals surface area contributed by atoms with E-state index in [2.05, 4.69) is 21.2 Å². The van der Waals surface area contributed by atoms with Crippen molar-refractivity contribution in [1.82, 2.24) is 24.9 Å². The third kappa shape index (κ3) is 5.20. The Morgan fingerprint density at radius 1 is 1.11 bits per heavy atom. The van der Waals surface area contributed by atoms with Crippen molar-refractivity contribution in [3.63, 3.8) is 0 Å². The van der Waals surface area contributed by atoms with Crippen LogP contribution in [-0.4, -0.2) is 113 Å². The summed E-state index contributed by atoms with van der Waals surface area (Å²) in [6, 6.07) is -0.311. The van der Waals surface area contributed by atoms with Crippen LogP contribution in [0.2, 0.25) is 0 Å². The maximum Gasteiger partial charge on any atom is 0.410 e. The Morgan fingerprint density at radius 2 is 1.83 bits per heavy atom. The third-order valence-corrected chi connectivity index (χ3v) is 7.72. The number of amides is 4. The molecule has 4 fully saturated rings. The van der Waals surface area contributed by atoms with E-state index in [1.807, 2.05) is 26.8 Å². The Morgan fingerprint density at radius 3 is 2.50 bits per heavy atom. The number of hydrogen-bond acceptors (Lipinski definition) is 7. The molecule has 2 unspecified atom stereocenters. The van der Waals surface area contributed by atoms with Gasteiger partial charge in [0.25, 0.3) is 5.91 Å². The maximum atomic E-state index is 13.0. The van der Waals surface area contributed by atoms with Crippen molar-refractivity contribution in [2.45, 2.75) is 57.7 Å². The number of hydrogen-bond donors (Lipinski definition) is 1. The van der Waals surface area contributed by atoms with Gasteiger partial charge in [-0.2, -0.15) is 0 Å². The molecule has 0 aromatic carbocycles. The number of fused-ring (bicyclic) bond motifs is 1. The molecule has 5 rings (SSSR count). The molecule has 5 aliphatic rings. The molecule has 0 spiro atoms. The van der Waals surface area contributed by atoms with E-state index >= 15 is 0 Å². The van der Waals surface area contributed by atoms with Crippen molar-refractivity contribution in [2.75, 3.05) is 52.4 Å². The average Bonchev–Trinajstić information content (AvgIpc) is 3.10. The van der Waals surface area contributed by atoms with Gasteiger partial charge in [-0.25, -0.2) is 4.79 Å². The van der Waals surface area contributed by atoms with Gasteiger partial charge >= 0.3 is 6.09 Å². The Labute approximate surface area is 212 Å². The van der Waals surface area contributed by atoms with Gasteiger partial charge in [0.1, 0.15) is 11.6 Å². The van der Waals surface area contributed by atoms with E-state index in [0.717, 1.165) is 57.8 Å². The van der Waals surface area contributed by atoms with Gasteiger partial charge in [0.2, 0.25) is 11.8 Å². The molecule has 4 amide bonds. The number of nitrogens with zero attached hydrogens (tertiary/aromatic N) is 4. The third-order valence-electron chi connectivity index (χ3n) is 7.72. The SMILES string of the molecule is CC(C)(C)OC(=O)N1CC(CN2CCN(C3C=C4CN(C5CCC(=O)NC5=O)C(=O)C4=CC3)CC2)C1. The molecule has 36 heavy (non-hydrogen) atoms. The monoisotopic (exact) mass is 499 g/mol. The van der Waals surface area contributed by atoms with Gasteiger partial charge in [-0.3, -0.25) is 24.6 Å². The first-order chi connectivity index (χ1) is 17.1. The predicted molar refractivity (Wildman–Crippen MR) is 132 cm³/mol. The molecule has 0 bridgehead atoms. The molecular formula is C26H37N5O5. The topological polar surface area (TPSA) is 102 Å². The van der Waals surface area contributed by atoms with Crippen LogP contribution in [0.5, 0.6) is 0 Å². The van der Waals surface area contributed by atoms with Crippen molar-refractivity contribution in [2.24, 2.45) is 5.92 Å². The highest BCUT2D eigenvalue weighted by Gasteiger charge is 2.42. The Bertz CT molecular complexity index is 1000. The molecule has 4 aliphatic heterocycles. The number of carbonyl (C=O) groups excluding carboxylic acids is 4. The van der Waals surface area contributed by atoms with E-state index < -0.39 is 11.6 Å². The highest BCUT2D eigenvalue weighted by molar-refractivity contribution is 6.07. The second-order valence-corrected chi connectivity index (χ2v) is 11.6. The minimum Gasteiger partial charge on any atom is -0.444 e. The molecule has 10 heteroatoms. The van der Waals surface area contributed by atoms with E-state index in [4.69, 9.17) is 4.74 Å². The normalized spacial score (nSPS) is 28.4. The van der Waals surface area contributed by atoms with Crippen molar-refractivity contribution in [1.29, 1.82) is 0 Å². The van der Waals surface area contributed by atoms with Crippen LogP contribution in [0.3, 0.4) is 0 Å². The molecule has 0 aromatic rings. The van der Waals surface area contributed by atoms with Crippen LogP contribution in [0.4, 0.5) is 4.79 Å². The first kappa shape index (κ1) is 25.0. The van der Waals surface area contributed by atoms with Crippen LogP contribution in [0.15, 0.2) is 23.3 Å². The number of nitrogens with one attached hydrogen (secondary N) is 1. The minimum atomic E-state index is -0.567. The molecule has 10 nitrogen and oxygen atoms in total. The Kier molecular flexibility index (Phi) is 6.67. The number of rotatable bonds is 4. The summed E-state index contributed by atoms with van der Waals surface area (Å²) in [6.45, 7) is 12.5. The lowest BCUT2D eigenvalue weighted by atomic mass is 9.95. The number of carbonyl (C=O) groups is 4. The van der Waals surface area contributed by atoms with E-state index in [0.29, 0.717) is 24.5 Å². The van der Waals surface area contributed by atoms with Crippen LogP contribution in [0.1, 0.15) is 40.0 Å². The summed E-state index contributed by atoms with van der Waals surface area (Å²) in [5.74, 6) is -0.238. The summed E-state index contributed by atoms with van der Waals surface area (Å²) >= 11 is 0. The first-order valence-corrected chi connectivity index (χ1v) is 13.1. The van der Waals surface area contributed by atoms with Crippen LogP contribution < -0.4 is 5.32 Å². The fraction of sp³-hybridized carbons (Fsp3) is 0.692. The zero-order valence-corrected chi connectivity index (χ0v) is 21.5. The lowest BCUT2D eigenvalue weighted by Crippen LogP contribution is -2.57. The number of piperidine rings is 1.